The molecule has 1 rings (SSSR count). The van der Waals surface area contributed by atoms with Crippen LogP contribution in [0.1, 0.15) is 46.1 Å². The molecule has 0 aliphatic carbocycles. The lowest BCUT2D eigenvalue weighted by molar-refractivity contribution is 0.0193. The Morgan fingerprint density at radius 2 is 2.14 bits per heavy atom. The summed E-state index contributed by atoms with van der Waals surface area (Å²) in [6.07, 6.45) is 1.55. The SMILES string of the molecule is Cc1ncc(CNCCN(C(=O)OC(C)(C)C)C(C)C)[nH]1. The molecule has 1 aromatic heterocycles. The molecule has 0 atom stereocenters. The maximum absolute atomic E-state index is 12.1. The number of imidazole rings is 1. The number of aryl methyl sites for hydroxylation is 1. The maximum Gasteiger partial charge on any atom is 0.410 e. The Morgan fingerprint density at radius 1 is 1.48 bits per heavy atom. The van der Waals surface area contributed by atoms with E-state index in [0.717, 1.165) is 11.5 Å². The van der Waals surface area contributed by atoms with Gasteiger partial charge in [-0.2, -0.15) is 0 Å². The van der Waals surface area contributed by atoms with Crippen LogP contribution in [0.2, 0.25) is 0 Å². The highest BCUT2D eigenvalue weighted by molar-refractivity contribution is 5.68. The zero-order valence-corrected chi connectivity index (χ0v) is 14.0. The summed E-state index contributed by atoms with van der Waals surface area (Å²) in [5, 5.41) is 3.30. The minimum absolute atomic E-state index is 0.107. The largest absolute Gasteiger partial charge is 0.444 e. The van der Waals surface area contributed by atoms with Gasteiger partial charge < -0.3 is 19.9 Å². The van der Waals surface area contributed by atoms with E-state index >= 15 is 0 Å². The zero-order valence-electron chi connectivity index (χ0n) is 14.0. The molecule has 1 amide bonds. The van der Waals surface area contributed by atoms with Crippen molar-refractivity contribution < 1.29 is 9.53 Å². The van der Waals surface area contributed by atoms with Gasteiger partial charge in [-0.25, -0.2) is 9.78 Å². The summed E-state index contributed by atoms with van der Waals surface area (Å²) in [7, 11) is 0. The quantitative estimate of drug-likeness (QED) is 0.791. The van der Waals surface area contributed by atoms with Crippen LogP contribution in [-0.2, 0) is 11.3 Å². The van der Waals surface area contributed by atoms with Crippen LogP contribution < -0.4 is 5.32 Å². The Balaban J connectivity index is 2.39. The fourth-order valence-electron chi connectivity index (χ4n) is 1.86. The summed E-state index contributed by atoms with van der Waals surface area (Å²) in [5.74, 6) is 0.907. The number of nitrogens with zero attached hydrogens (tertiary/aromatic N) is 2. The van der Waals surface area contributed by atoms with Gasteiger partial charge >= 0.3 is 6.09 Å². The molecule has 0 aromatic carbocycles. The van der Waals surface area contributed by atoms with Gasteiger partial charge in [-0.15, -0.1) is 0 Å². The second-order valence-electron chi connectivity index (χ2n) is 6.44. The van der Waals surface area contributed by atoms with Gasteiger partial charge in [0.1, 0.15) is 11.4 Å². The number of hydrogen-bond donors (Lipinski definition) is 2. The molecule has 0 radical (unpaired) electrons. The number of carbonyl (C=O) groups excluding carboxylic acids is 1. The van der Waals surface area contributed by atoms with Crippen LogP contribution >= 0.6 is 0 Å². The lowest BCUT2D eigenvalue weighted by Gasteiger charge is -2.30. The fourth-order valence-corrected chi connectivity index (χ4v) is 1.86. The summed E-state index contributed by atoms with van der Waals surface area (Å²) in [6.45, 7) is 13.6. The number of rotatable bonds is 6. The molecule has 0 bridgehead atoms. The minimum Gasteiger partial charge on any atom is -0.444 e. The summed E-state index contributed by atoms with van der Waals surface area (Å²) < 4.78 is 5.42. The number of amides is 1. The van der Waals surface area contributed by atoms with Gasteiger partial charge in [0.05, 0.1) is 0 Å². The predicted octanol–water partition coefficient (Wildman–Crippen LogP) is 2.45. The number of H-pyrrole nitrogens is 1. The molecule has 0 fully saturated rings. The Kier molecular flexibility index (Phi) is 6.20. The highest BCUT2D eigenvalue weighted by Crippen LogP contribution is 2.11. The Morgan fingerprint density at radius 3 is 2.62 bits per heavy atom. The van der Waals surface area contributed by atoms with E-state index in [2.05, 4.69) is 15.3 Å². The van der Waals surface area contributed by atoms with E-state index in [-0.39, 0.29) is 12.1 Å². The maximum atomic E-state index is 12.1. The van der Waals surface area contributed by atoms with Crippen LogP contribution in [-0.4, -0.2) is 45.7 Å². The molecular formula is C15H28N4O2. The van der Waals surface area contributed by atoms with Gasteiger partial charge in [0.25, 0.3) is 0 Å². The average Bonchev–Trinajstić information content (AvgIpc) is 2.71. The van der Waals surface area contributed by atoms with Crippen molar-refractivity contribution in [3.8, 4) is 0 Å². The van der Waals surface area contributed by atoms with Crippen molar-refractivity contribution in [2.24, 2.45) is 0 Å². The minimum atomic E-state index is -0.467. The number of ether oxygens (including phenoxy) is 1. The highest BCUT2D eigenvalue weighted by atomic mass is 16.6. The molecule has 1 aromatic rings. The lowest BCUT2D eigenvalue weighted by Crippen LogP contribution is -2.44. The molecular weight excluding hydrogens is 268 g/mol. The van der Waals surface area contributed by atoms with Gasteiger partial charge in [0.15, 0.2) is 0 Å². The molecule has 6 nitrogen and oxygen atoms in total. The molecule has 6 heteroatoms. The first-order valence-electron chi connectivity index (χ1n) is 7.40. The Labute approximate surface area is 127 Å². The van der Waals surface area contributed by atoms with E-state index in [4.69, 9.17) is 4.74 Å². The van der Waals surface area contributed by atoms with Crippen LogP contribution in [0.15, 0.2) is 6.20 Å². The van der Waals surface area contributed by atoms with Crippen LogP contribution in [0, 0.1) is 6.92 Å². The summed E-state index contributed by atoms with van der Waals surface area (Å²) in [4.78, 5) is 21.2. The first-order valence-corrected chi connectivity index (χ1v) is 7.40. The molecule has 21 heavy (non-hydrogen) atoms. The molecule has 0 saturated heterocycles. The van der Waals surface area contributed by atoms with Gasteiger partial charge in [-0.1, -0.05) is 0 Å². The van der Waals surface area contributed by atoms with E-state index in [0.29, 0.717) is 19.6 Å². The van der Waals surface area contributed by atoms with Gasteiger partial charge in [-0.3, -0.25) is 0 Å². The smallest absolute Gasteiger partial charge is 0.410 e. The van der Waals surface area contributed by atoms with Gasteiger partial charge in [0, 0.05) is 37.6 Å². The van der Waals surface area contributed by atoms with Crippen LogP contribution in [0.5, 0.6) is 0 Å². The normalized spacial score (nSPS) is 11.8. The molecule has 2 N–H and O–H groups in total. The third-order valence-electron chi connectivity index (χ3n) is 2.85. The Hall–Kier alpha value is -1.56. The van der Waals surface area contributed by atoms with Gasteiger partial charge in [-0.05, 0) is 41.5 Å². The van der Waals surface area contributed by atoms with Crippen LogP contribution in [0.3, 0.4) is 0 Å². The third-order valence-corrected chi connectivity index (χ3v) is 2.85. The van der Waals surface area contributed by atoms with Crippen molar-refractivity contribution in [2.75, 3.05) is 13.1 Å². The molecule has 0 aliphatic heterocycles. The van der Waals surface area contributed by atoms with Crippen LogP contribution in [0.25, 0.3) is 0 Å². The van der Waals surface area contributed by atoms with Crippen molar-refractivity contribution in [1.29, 1.82) is 0 Å². The molecule has 1 heterocycles. The number of hydrogen-bond acceptors (Lipinski definition) is 4. The molecule has 0 aliphatic rings. The summed E-state index contributed by atoms with van der Waals surface area (Å²) in [6, 6.07) is 0.107. The monoisotopic (exact) mass is 296 g/mol. The van der Waals surface area contributed by atoms with Crippen molar-refractivity contribution in [1.82, 2.24) is 20.2 Å². The number of aromatic nitrogens is 2. The topological polar surface area (TPSA) is 70.2 Å². The van der Waals surface area contributed by atoms with Crippen LogP contribution in [0.4, 0.5) is 4.79 Å². The van der Waals surface area contributed by atoms with E-state index < -0.39 is 5.60 Å². The first-order chi connectivity index (χ1) is 9.69. The van der Waals surface area contributed by atoms with E-state index in [1.54, 1.807) is 4.90 Å². The van der Waals surface area contributed by atoms with E-state index in [1.165, 1.54) is 0 Å². The molecule has 120 valence electrons. The second kappa shape index (κ2) is 7.45. The van der Waals surface area contributed by atoms with Crippen molar-refractivity contribution in [2.45, 2.75) is 59.7 Å². The molecule has 0 unspecified atom stereocenters. The predicted molar refractivity (Wildman–Crippen MR) is 83.1 cm³/mol. The Bertz CT molecular complexity index is 449. The van der Waals surface area contributed by atoms with Gasteiger partial charge in [0.2, 0.25) is 0 Å². The third kappa shape index (κ3) is 6.62. The molecule has 0 spiro atoms. The summed E-state index contributed by atoms with van der Waals surface area (Å²) >= 11 is 0. The fraction of sp³-hybridized carbons (Fsp3) is 0.733. The van der Waals surface area contributed by atoms with E-state index in [1.807, 2.05) is 47.7 Å². The zero-order chi connectivity index (χ0) is 16.0. The second-order valence-corrected chi connectivity index (χ2v) is 6.44. The lowest BCUT2D eigenvalue weighted by atomic mass is 10.2. The average molecular weight is 296 g/mol. The number of aromatic amines is 1. The van der Waals surface area contributed by atoms with Crippen molar-refractivity contribution >= 4 is 6.09 Å². The number of carbonyl (C=O) groups is 1. The first kappa shape index (κ1) is 17.5. The highest BCUT2D eigenvalue weighted by Gasteiger charge is 2.23. The number of nitrogens with one attached hydrogen (secondary N) is 2. The van der Waals surface area contributed by atoms with Crippen molar-refractivity contribution in [3.05, 3.63) is 17.7 Å². The van der Waals surface area contributed by atoms with E-state index in [9.17, 15) is 4.79 Å². The standard InChI is InChI=1S/C15H28N4O2/c1-11(2)19(14(20)21-15(4,5)6)8-7-16-9-13-10-17-12(3)18-13/h10-11,16H,7-9H2,1-6H3,(H,17,18). The van der Waals surface area contributed by atoms with Crippen molar-refractivity contribution in [3.63, 3.8) is 0 Å². The molecule has 0 saturated carbocycles. The summed E-state index contributed by atoms with van der Waals surface area (Å²) in [5.41, 5.74) is 0.575.